The van der Waals surface area contributed by atoms with E-state index in [1.54, 1.807) is 0 Å². The molecule has 3 rings (SSSR count). The SMILES string of the molecule is Clc1ccc(N2CCN(c3ccc(CBr)cn3)CC2)cc1. The van der Waals surface area contributed by atoms with Gasteiger partial charge in [0.25, 0.3) is 0 Å². The lowest BCUT2D eigenvalue weighted by atomic mass is 10.2. The quantitative estimate of drug-likeness (QED) is 0.767. The predicted molar refractivity (Wildman–Crippen MR) is 92.7 cm³/mol. The summed E-state index contributed by atoms with van der Waals surface area (Å²) >= 11 is 9.39. The van der Waals surface area contributed by atoms with Crippen molar-refractivity contribution in [1.29, 1.82) is 0 Å². The molecule has 0 radical (unpaired) electrons. The molecule has 1 fully saturated rings. The lowest BCUT2D eigenvalue weighted by Crippen LogP contribution is -2.46. The first kappa shape index (κ1) is 14.7. The highest BCUT2D eigenvalue weighted by molar-refractivity contribution is 9.08. The maximum atomic E-state index is 5.94. The second-order valence-electron chi connectivity index (χ2n) is 5.11. The van der Waals surface area contributed by atoms with Crippen molar-refractivity contribution in [2.24, 2.45) is 0 Å². The molecule has 3 nitrogen and oxygen atoms in total. The molecule has 0 bridgehead atoms. The fraction of sp³-hybridized carbons (Fsp3) is 0.312. The normalized spacial score (nSPS) is 15.3. The second-order valence-corrected chi connectivity index (χ2v) is 6.11. The maximum absolute atomic E-state index is 5.94. The van der Waals surface area contributed by atoms with Crippen molar-refractivity contribution in [2.45, 2.75) is 5.33 Å². The molecule has 0 aliphatic carbocycles. The second kappa shape index (κ2) is 6.67. The summed E-state index contributed by atoms with van der Waals surface area (Å²) in [7, 11) is 0. The van der Waals surface area contributed by atoms with E-state index >= 15 is 0 Å². The summed E-state index contributed by atoms with van der Waals surface area (Å²) in [5, 5.41) is 1.64. The number of nitrogens with zero attached hydrogens (tertiary/aromatic N) is 3. The van der Waals surface area contributed by atoms with E-state index < -0.39 is 0 Å². The van der Waals surface area contributed by atoms with Gasteiger partial charge in [0.05, 0.1) is 0 Å². The van der Waals surface area contributed by atoms with Gasteiger partial charge in [0.15, 0.2) is 0 Å². The average Bonchev–Trinajstić information content (AvgIpc) is 2.56. The van der Waals surface area contributed by atoms with Crippen molar-refractivity contribution in [3.05, 3.63) is 53.2 Å². The van der Waals surface area contributed by atoms with E-state index in [0.717, 1.165) is 42.3 Å². The largest absolute Gasteiger partial charge is 0.368 e. The highest BCUT2D eigenvalue weighted by Crippen LogP contribution is 2.21. The Morgan fingerprint density at radius 1 is 0.952 bits per heavy atom. The molecule has 0 N–H and O–H groups in total. The van der Waals surface area contributed by atoms with Crippen LogP contribution in [0.3, 0.4) is 0 Å². The number of aromatic nitrogens is 1. The minimum atomic E-state index is 0.786. The van der Waals surface area contributed by atoms with Crippen LogP contribution in [0.5, 0.6) is 0 Å². The van der Waals surface area contributed by atoms with E-state index in [1.807, 2.05) is 18.3 Å². The van der Waals surface area contributed by atoms with Gasteiger partial charge in [-0.3, -0.25) is 0 Å². The maximum Gasteiger partial charge on any atom is 0.128 e. The predicted octanol–water partition coefficient (Wildman–Crippen LogP) is 3.96. The number of halogens is 2. The Balaban J connectivity index is 1.62. The number of hydrogen-bond donors (Lipinski definition) is 0. The Bertz CT molecular complexity index is 577. The number of pyridine rings is 1. The Labute approximate surface area is 138 Å². The highest BCUT2D eigenvalue weighted by atomic mass is 79.9. The Kier molecular flexibility index (Phi) is 4.66. The van der Waals surface area contributed by atoms with E-state index in [-0.39, 0.29) is 0 Å². The summed E-state index contributed by atoms with van der Waals surface area (Å²) in [6.07, 6.45) is 1.94. The smallest absolute Gasteiger partial charge is 0.128 e. The van der Waals surface area contributed by atoms with Gasteiger partial charge >= 0.3 is 0 Å². The van der Waals surface area contributed by atoms with Crippen molar-refractivity contribution in [2.75, 3.05) is 36.0 Å². The van der Waals surface area contributed by atoms with Gasteiger partial charge in [0.1, 0.15) is 5.82 Å². The lowest BCUT2D eigenvalue weighted by Gasteiger charge is -2.36. The van der Waals surface area contributed by atoms with Crippen LogP contribution in [0.4, 0.5) is 11.5 Å². The number of rotatable bonds is 3. The zero-order valence-corrected chi connectivity index (χ0v) is 14.0. The molecule has 0 amide bonds. The first-order valence-electron chi connectivity index (χ1n) is 7.02. The van der Waals surface area contributed by atoms with E-state index in [1.165, 1.54) is 11.3 Å². The Morgan fingerprint density at radius 3 is 2.19 bits per heavy atom. The van der Waals surface area contributed by atoms with Gasteiger partial charge in [-0.25, -0.2) is 4.98 Å². The van der Waals surface area contributed by atoms with Gasteiger partial charge in [0, 0.05) is 48.4 Å². The van der Waals surface area contributed by atoms with Crippen LogP contribution in [0.25, 0.3) is 0 Å². The minimum absolute atomic E-state index is 0.786. The van der Waals surface area contributed by atoms with Crippen molar-refractivity contribution in [1.82, 2.24) is 4.98 Å². The van der Waals surface area contributed by atoms with Gasteiger partial charge in [-0.1, -0.05) is 33.6 Å². The molecule has 1 aliphatic rings. The van der Waals surface area contributed by atoms with Gasteiger partial charge in [0.2, 0.25) is 0 Å². The molecule has 1 aliphatic heterocycles. The third kappa shape index (κ3) is 3.50. The van der Waals surface area contributed by atoms with Gasteiger partial charge < -0.3 is 9.80 Å². The van der Waals surface area contributed by atoms with E-state index in [2.05, 4.69) is 55.0 Å². The zero-order valence-electron chi connectivity index (χ0n) is 11.7. The molecule has 1 aromatic heterocycles. The van der Waals surface area contributed by atoms with Crippen LogP contribution in [-0.4, -0.2) is 31.2 Å². The van der Waals surface area contributed by atoms with Gasteiger partial charge in [-0.15, -0.1) is 0 Å². The van der Waals surface area contributed by atoms with Crippen LogP contribution in [0, 0.1) is 0 Å². The van der Waals surface area contributed by atoms with Crippen LogP contribution in [0.1, 0.15) is 5.56 Å². The summed E-state index contributed by atoms with van der Waals surface area (Å²) in [5.41, 5.74) is 2.44. The molecule has 1 saturated heterocycles. The van der Waals surface area contributed by atoms with Gasteiger partial charge in [-0.05, 0) is 35.9 Å². The van der Waals surface area contributed by atoms with E-state index in [4.69, 9.17) is 11.6 Å². The minimum Gasteiger partial charge on any atom is -0.368 e. The zero-order chi connectivity index (χ0) is 14.7. The number of alkyl halides is 1. The lowest BCUT2D eigenvalue weighted by molar-refractivity contribution is 0.647. The summed E-state index contributed by atoms with van der Waals surface area (Å²) in [6, 6.07) is 12.3. The number of benzene rings is 1. The monoisotopic (exact) mass is 365 g/mol. The third-order valence-corrected chi connectivity index (χ3v) is 4.66. The first-order chi connectivity index (χ1) is 10.3. The molecule has 0 saturated carbocycles. The molecular formula is C16H17BrClN3. The molecule has 2 heterocycles. The van der Waals surface area contributed by atoms with Crippen molar-refractivity contribution >= 4 is 39.0 Å². The van der Waals surface area contributed by atoms with Crippen molar-refractivity contribution < 1.29 is 0 Å². The first-order valence-corrected chi connectivity index (χ1v) is 8.52. The van der Waals surface area contributed by atoms with Gasteiger partial charge in [-0.2, -0.15) is 0 Å². The molecule has 0 atom stereocenters. The third-order valence-electron chi connectivity index (χ3n) is 3.76. The summed E-state index contributed by atoms with van der Waals surface area (Å²) in [4.78, 5) is 9.27. The Morgan fingerprint density at radius 2 is 1.62 bits per heavy atom. The standard InChI is InChI=1S/C16H17BrClN3/c17-11-13-1-6-16(19-12-13)21-9-7-20(8-10-21)15-4-2-14(18)3-5-15/h1-6,12H,7-11H2. The highest BCUT2D eigenvalue weighted by Gasteiger charge is 2.18. The fourth-order valence-corrected chi connectivity index (χ4v) is 2.99. The van der Waals surface area contributed by atoms with Crippen LogP contribution < -0.4 is 9.80 Å². The number of hydrogen-bond acceptors (Lipinski definition) is 3. The topological polar surface area (TPSA) is 19.4 Å². The molecule has 1 aromatic carbocycles. The van der Waals surface area contributed by atoms with E-state index in [9.17, 15) is 0 Å². The molecule has 0 unspecified atom stereocenters. The van der Waals surface area contributed by atoms with E-state index in [0.29, 0.717) is 0 Å². The van der Waals surface area contributed by atoms with Crippen LogP contribution in [0.2, 0.25) is 5.02 Å². The molecule has 21 heavy (non-hydrogen) atoms. The molecule has 110 valence electrons. The number of anilines is 2. The summed E-state index contributed by atoms with van der Waals surface area (Å²) in [5.74, 6) is 1.07. The van der Waals surface area contributed by atoms with Crippen LogP contribution in [-0.2, 0) is 5.33 Å². The molecular weight excluding hydrogens is 350 g/mol. The summed E-state index contributed by atoms with van der Waals surface area (Å²) < 4.78 is 0. The summed E-state index contributed by atoms with van der Waals surface area (Å²) in [6.45, 7) is 3.99. The molecule has 0 spiro atoms. The fourth-order valence-electron chi connectivity index (χ4n) is 2.53. The number of piperazine rings is 1. The molecule has 2 aromatic rings. The van der Waals surface area contributed by atoms with Crippen molar-refractivity contribution in [3.8, 4) is 0 Å². The average molecular weight is 367 g/mol. The molecule has 5 heteroatoms. The van der Waals surface area contributed by atoms with Crippen LogP contribution in [0.15, 0.2) is 42.6 Å². The Hall–Kier alpha value is -1.26. The van der Waals surface area contributed by atoms with Crippen LogP contribution >= 0.6 is 27.5 Å². The van der Waals surface area contributed by atoms with Crippen molar-refractivity contribution in [3.63, 3.8) is 0 Å².